The Labute approximate surface area is 147 Å². The normalized spacial score (nSPS) is 11.6. The summed E-state index contributed by atoms with van der Waals surface area (Å²) in [6.07, 6.45) is 0. The minimum atomic E-state index is -3.79. The van der Waals surface area contributed by atoms with Gasteiger partial charge in [0.25, 0.3) is 0 Å². The van der Waals surface area contributed by atoms with Crippen molar-refractivity contribution in [3.05, 3.63) is 41.2 Å². The molecule has 0 aliphatic carbocycles. The summed E-state index contributed by atoms with van der Waals surface area (Å²) in [6.45, 7) is 3.19. The number of carbonyl (C=O) groups excluding carboxylic acids is 1. The number of nitrogens with zero attached hydrogens (tertiary/aromatic N) is 2. The molecule has 0 radical (unpaired) electrons. The number of rotatable bonds is 7. The highest BCUT2D eigenvalue weighted by Crippen LogP contribution is 2.20. The van der Waals surface area contributed by atoms with Gasteiger partial charge in [-0.2, -0.15) is 9.40 Å². The summed E-state index contributed by atoms with van der Waals surface area (Å²) in [6, 6.07) is 7.30. The van der Waals surface area contributed by atoms with E-state index in [0.717, 1.165) is 9.87 Å². The third-order valence-corrected chi connectivity index (χ3v) is 5.83. The van der Waals surface area contributed by atoms with Gasteiger partial charge in [0.1, 0.15) is 10.6 Å². The maximum atomic E-state index is 12.6. The highest BCUT2D eigenvalue weighted by Gasteiger charge is 2.28. The number of sulfonamides is 1. The molecule has 0 saturated heterocycles. The van der Waals surface area contributed by atoms with E-state index in [9.17, 15) is 13.2 Å². The molecule has 0 aliphatic heterocycles. The number of aryl methyl sites for hydroxylation is 2. The van der Waals surface area contributed by atoms with Gasteiger partial charge >= 0.3 is 0 Å². The van der Waals surface area contributed by atoms with Gasteiger partial charge in [0.05, 0.1) is 25.0 Å². The van der Waals surface area contributed by atoms with Crippen LogP contribution in [0.2, 0.25) is 0 Å². The van der Waals surface area contributed by atoms with Gasteiger partial charge in [-0.05, 0) is 19.9 Å². The Balaban J connectivity index is 2.03. The van der Waals surface area contributed by atoms with Gasteiger partial charge in [0.2, 0.25) is 15.9 Å². The van der Waals surface area contributed by atoms with E-state index in [-0.39, 0.29) is 18.0 Å². The first-order valence-corrected chi connectivity index (χ1v) is 9.08. The SMILES string of the molecule is COc1ccccc1CNC(=O)CN(C)S(=O)(=O)c1c(C)n[nH]c1C. The van der Waals surface area contributed by atoms with Gasteiger partial charge in [-0.15, -0.1) is 0 Å². The fourth-order valence-corrected chi connectivity index (χ4v) is 3.91. The lowest BCUT2D eigenvalue weighted by molar-refractivity contribution is -0.121. The van der Waals surface area contributed by atoms with Crippen molar-refractivity contribution in [2.24, 2.45) is 0 Å². The Hall–Kier alpha value is -2.39. The van der Waals surface area contributed by atoms with E-state index >= 15 is 0 Å². The van der Waals surface area contributed by atoms with Crippen LogP contribution in [0.1, 0.15) is 17.0 Å². The van der Waals surface area contributed by atoms with Gasteiger partial charge < -0.3 is 10.1 Å². The minimum absolute atomic E-state index is 0.104. The summed E-state index contributed by atoms with van der Waals surface area (Å²) in [5, 5.41) is 9.24. The molecule has 9 heteroatoms. The number of H-pyrrole nitrogens is 1. The van der Waals surface area contributed by atoms with Crippen molar-refractivity contribution >= 4 is 15.9 Å². The molecule has 136 valence electrons. The number of benzene rings is 1. The molecule has 2 N–H and O–H groups in total. The third kappa shape index (κ3) is 4.18. The number of hydrogen-bond acceptors (Lipinski definition) is 5. The molecule has 2 rings (SSSR count). The van der Waals surface area contributed by atoms with Crippen LogP contribution in [0, 0.1) is 13.8 Å². The first kappa shape index (κ1) is 18.9. The molecule has 0 spiro atoms. The summed E-state index contributed by atoms with van der Waals surface area (Å²) < 4.78 is 31.5. The van der Waals surface area contributed by atoms with Gasteiger partial charge in [-0.1, -0.05) is 18.2 Å². The first-order chi connectivity index (χ1) is 11.8. The number of likely N-dealkylation sites (N-methyl/N-ethyl adjacent to an activating group) is 1. The summed E-state index contributed by atoms with van der Waals surface area (Å²) in [5.74, 6) is 0.254. The second kappa shape index (κ2) is 7.66. The molecule has 0 saturated carbocycles. The van der Waals surface area contributed by atoms with E-state index in [1.54, 1.807) is 27.0 Å². The van der Waals surface area contributed by atoms with Crippen LogP contribution in [0.4, 0.5) is 0 Å². The molecule has 0 unspecified atom stereocenters. The van der Waals surface area contributed by atoms with Crippen molar-refractivity contribution in [1.82, 2.24) is 19.8 Å². The zero-order valence-electron chi connectivity index (χ0n) is 14.7. The molecule has 25 heavy (non-hydrogen) atoms. The van der Waals surface area contributed by atoms with Crippen LogP contribution in [-0.2, 0) is 21.4 Å². The smallest absolute Gasteiger partial charge is 0.246 e. The largest absolute Gasteiger partial charge is 0.496 e. The van der Waals surface area contributed by atoms with Crippen LogP contribution < -0.4 is 10.1 Å². The van der Waals surface area contributed by atoms with Crippen LogP contribution in [0.25, 0.3) is 0 Å². The average Bonchev–Trinajstić information content (AvgIpc) is 2.92. The van der Waals surface area contributed by atoms with Gasteiger partial charge in [-0.3, -0.25) is 9.89 Å². The molecule has 0 aliphatic rings. The highest BCUT2D eigenvalue weighted by molar-refractivity contribution is 7.89. The van der Waals surface area contributed by atoms with E-state index < -0.39 is 15.9 Å². The number of aromatic amines is 1. The summed E-state index contributed by atoms with van der Waals surface area (Å²) in [5.41, 5.74) is 1.63. The number of nitrogens with one attached hydrogen (secondary N) is 2. The zero-order chi connectivity index (χ0) is 18.6. The maximum absolute atomic E-state index is 12.6. The number of methoxy groups -OCH3 is 1. The highest BCUT2D eigenvalue weighted by atomic mass is 32.2. The predicted molar refractivity (Wildman–Crippen MR) is 92.7 cm³/mol. The predicted octanol–water partition coefficient (Wildman–Crippen LogP) is 0.972. The Morgan fingerprint density at radius 2 is 2.00 bits per heavy atom. The molecule has 1 aromatic heterocycles. The molecule has 1 aromatic carbocycles. The fraction of sp³-hybridized carbons (Fsp3) is 0.375. The Kier molecular flexibility index (Phi) is 5.81. The van der Waals surface area contributed by atoms with E-state index in [2.05, 4.69) is 15.5 Å². The monoisotopic (exact) mass is 366 g/mol. The lowest BCUT2D eigenvalue weighted by Crippen LogP contribution is -2.38. The Morgan fingerprint density at radius 1 is 1.32 bits per heavy atom. The number of amides is 1. The van der Waals surface area contributed by atoms with Crippen LogP contribution in [0.15, 0.2) is 29.2 Å². The van der Waals surface area contributed by atoms with Crippen LogP contribution in [0.5, 0.6) is 5.75 Å². The molecule has 1 heterocycles. The molecule has 2 aromatic rings. The van der Waals surface area contributed by atoms with E-state index in [1.807, 2.05) is 18.2 Å². The van der Waals surface area contributed by atoms with E-state index in [1.165, 1.54) is 7.05 Å². The topological polar surface area (TPSA) is 104 Å². The van der Waals surface area contributed by atoms with Crippen molar-refractivity contribution in [2.45, 2.75) is 25.3 Å². The van der Waals surface area contributed by atoms with Gasteiger partial charge in [-0.25, -0.2) is 8.42 Å². The van der Waals surface area contributed by atoms with Crippen molar-refractivity contribution in [1.29, 1.82) is 0 Å². The first-order valence-electron chi connectivity index (χ1n) is 7.64. The van der Waals surface area contributed by atoms with Gasteiger partial charge in [0, 0.05) is 19.2 Å². The quantitative estimate of drug-likeness (QED) is 0.760. The number of ether oxygens (including phenoxy) is 1. The second-order valence-corrected chi connectivity index (χ2v) is 7.59. The molecule has 0 fully saturated rings. The lowest BCUT2D eigenvalue weighted by atomic mass is 10.2. The Bertz CT molecular complexity index is 841. The zero-order valence-corrected chi connectivity index (χ0v) is 15.5. The second-order valence-electron chi connectivity index (χ2n) is 5.61. The van der Waals surface area contributed by atoms with Crippen molar-refractivity contribution in [3.8, 4) is 5.75 Å². The molecule has 0 atom stereocenters. The molecule has 8 nitrogen and oxygen atoms in total. The van der Waals surface area contributed by atoms with Gasteiger partial charge in [0.15, 0.2) is 0 Å². The van der Waals surface area contributed by atoms with Crippen molar-refractivity contribution < 1.29 is 17.9 Å². The molecular formula is C16H22N4O4S. The van der Waals surface area contributed by atoms with E-state index in [4.69, 9.17) is 4.74 Å². The lowest BCUT2D eigenvalue weighted by Gasteiger charge is -2.17. The standard InChI is InChI=1S/C16H22N4O4S/c1-11-16(12(2)19-18-11)25(22,23)20(3)10-15(21)17-9-13-7-5-6-8-14(13)24-4/h5-8H,9-10H2,1-4H3,(H,17,21)(H,18,19). The third-order valence-electron chi connectivity index (χ3n) is 3.76. The van der Waals surface area contributed by atoms with Crippen molar-refractivity contribution in [2.75, 3.05) is 20.7 Å². The fourth-order valence-electron chi connectivity index (χ4n) is 2.46. The summed E-state index contributed by atoms with van der Waals surface area (Å²) >= 11 is 0. The average molecular weight is 366 g/mol. The minimum Gasteiger partial charge on any atom is -0.496 e. The summed E-state index contributed by atoms with van der Waals surface area (Å²) in [7, 11) is -0.877. The van der Waals surface area contributed by atoms with Crippen LogP contribution in [0.3, 0.4) is 0 Å². The number of hydrogen-bond donors (Lipinski definition) is 2. The Morgan fingerprint density at radius 3 is 2.60 bits per heavy atom. The van der Waals surface area contributed by atoms with E-state index in [0.29, 0.717) is 17.1 Å². The number of aromatic nitrogens is 2. The number of carbonyl (C=O) groups is 1. The van der Waals surface area contributed by atoms with Crippen molar-refractivity contribution in [3.63, 3.8) is 0 Å². The number of para-hydroxylation sites is 1. The summed E-state index contributed by atoms with van der Waals surface area (Å²) in [4.78, 5) is 12.2. The van der Waals surface area contributed by atoms with Crippen LogP contribution >= 0.6 is 0 Å². The molecule has 0 bridgehead atoms. The molecule has 1 amide bonds. The molecular weight excluding hydrogens is 344 g/mol. The maximum Gasteiger partial charge on any atom is 0.246 e. The van der Waals surface area contributed by atoms with Crippen LogP contribution in [-0.4, -0.2) is 49.5 Å².